The molecule has 1 saturated heterocycles. The normalized spacial score (nSPS) is 24.1. The molecule has 2 aromatic carbocycles. The van der Waals surface area contributed by atoms with E-state index in [-0.39, 0.29) is 24.1 Å². The SMILES string of the molecule is C[C@H]1C[C@H](C)CN(Cc2c(O)ccc3c2OC(=Cc2cc(Cl)cc4c2OCOC4)C3=O)C1. The van der Waals surface area contributed by atoms with Gasteiger partial charge in [-0.3, -0.25) is 9.69 Å². The molecule has 2 atom stereocenters. The molecule has 32 heavy (non-hydrogen) atoms. The van der Waals surface area contributed by atoms with Gasteiger partial charge in [-0.05, 0) is 48.6 Å². The van der Waals surface area contributed by atoms with Crippen molar-refractivity contribution in [2.75, 3.05) is 19.9 Å². The van der Waals surface area contributed by atoms with Crippen LogP contribution in [0.25, 0.3) is 6.08 Å². The summed E-state index contributed by atoms with van der Waals surface area (Å²) in [6.45, 7) is 7.49. The number of benzene rings is 2. The number of rotatable bonds is 3. The Bertz CT molecular complexity index is 1100. The third-order valence-corrected chi connectivity index (χ3v) is 6.45. The number of phenols is 1. The average Bonchev–Trinajstić information content (AvgIpc) is 3.05. The highest BCUT2D eigenvalue weighted by molar-refractivity contribution is 6.31. The molecule has 1 N–H and O–H groups in total. The molecule has 0 spiro atoms. The first kappa shape index (κ1) is 21.3. The van der Waals surface area contributed by atoms with Crippen molar-refractivity contribution in [1.82, 2.24) is 4.90 Å². The van der Waals surface area contributed by atoms with Crippen LogP contribution in [0.2, 0.25) is 5.02 Å². The van der Waals surface area contributed by atoms with E-state index in [1.54, 1.807) is 30.3 Å². The third-order valence-electron chi connectivity index (χ3n) is 6.23. The van der Waals surface area contributed by atoms with Crippen molar-refractivity contribution in [2.45, 2.75) is 33.4 Å². The number of hydrogen-bond donors (Lipinski definition) is 1. The van der Waals surface area contributed by atoms with Gasteiger partial charge in [-0.25, -0.2) is 0 Å². The number of likely N-dealkylation sites (tertiary alicyclic amines) is 1. The molecule has 0 aliphatic carbocycles. The second-order valence-electron chi connectivity index (χ2n) is 9.11. The maximum absolute atomic E-state index is 13.1. The van der Waals surface area contributed by atoms with Gasteiger partial charge < -0.3 is 19.3 Å². The Morgan fingerprint density at radius 2 is 1.97 bits per heavy atom. The fourth-order valence-corrected chi connectivity index (χ4v) is 5.30. The Morgan fingerprint density at radius 1 is 1.19 bits per heavy atom. The Balaban J connectivity index is 1.48. The number of carbonyl (C=O) groups excluding carboxylic acids is 1. The van der Waals surface area contributed by atoms with Gasteiger partial charge in [-0.15, -0.1) is 0 Å². The molecule has 168 valence electrons. The number of carbonyl (C=O) groups is 1. The second kappa shape index (κ2) is 8.43. The second-order valence-corrected chi connectivity index (χ2v) is 9.55. The summed E-state index contributed by atoms with van der Waals surface area (Å²) in [6, 6.07) is 6.74. The van der Waals surface area contributed by atoms with E-state index < -0.39 is 0 Å². The number of aromatic hydroxyl groups is 1. The van der Waals surface area contributed by atoms with E-state index >= 15 is 0 Å². The molecular weight excluding hydrogens is 430 g/mol. The molecule has 0 bridgehead atoms. The molecule has 3 aliphatic heterocycles. The Morgan fingerprint density at radius 3 is 2.75 bits per heavy atom. The molecule has 6 nitrogen and oxygen atoms in total. The van der Waals surface area contributed by atoms with Crippen LogP contribution in [0.5, 0.6) is 17.2 Å². The van der Waals surface area contributed by atoms with E-state index in [2.05, 4.69) is 18.7 Å². The molecule has 2 aromatic rings. The highest BCUT2D eigenvalue weighted by Crippen LogP contribution is 2.42. The van der Waals surface area contributed by atoms with Crippen LogP contribution in [0.15, 0.2) is 30.0 Å². The van der Waals surface area contributed by atoms with Gasteiger partial charge in [0.15, 0.2) is 12.6 Å². The Kier molecular flexibility index (Phi) is 5.61. The largest absolute Gasteiger partial charge is 0.507 e. The number of nitrogens with zero attached hydrogens (tertiary/aromatic N) is 1. The van der Waals surface area contributed by atoms with E-state index in [1.807, 2.05) is 0 Å². The van der Waals surface area contributed by atoms with Gasteiger partial charge in [0.1, 0.15) is 17.2 Å². The highest BCUT2D eigenvalue weighted by Gasteiger charge is 2.33. The lowest BCUT2D eigenvalue weighted by molar-refractivity contribution is -0.0165. The van der Waals surface area contributed by atoms with Crippen molar-refractivity contribution in [2.24, 2.45) is 11.8 Å². The first-order valence-electron chi connectivity index (χ1n) is 10.9. The van der Waals surface area contributed by atoms with Gasteiger partial charge in [0.25, 0.3) is 0 Å². The predicted octanol–water partition coefficient (Wildman–Crippen LogP) is 5.01. The van der Waals surface area contributed by atoms with Crippen LogP contribution < -0.4 is 9.47 Å². The summed E-state index contributed by atoms with van der Waals surface area (Å²) in [5.41, 5.74) is 2.60. The zero-order chi connectivity index (χ0) is 22.4. The van der Waals surface area contributed by atoms with E-state index in [0.717, 1.165) is 18.7 Å². The summed E-state index contributed by atoms with van der Waals surface area (Å²) >= 11 is 6.27. The summed E-state index contributed by atoms with van der Waals surface area (Å²) in [6.07, 6.45) is 2.86. The number of allylic oxidation sites excluding steroid dienone is 1. The van der Waals surface area contributed by atoms with Crippen LogP contribution in [-0.2, 0) is 17.9 Å². The third kappa shape index (κ3) is 3.98. The molecule has 0 amide bonds. The lowest BCUT2D eigenvalue weighted by Gasteiger charge is -2.35. The van der Waals surface area contributed by atoms with Crippen LogP contribution in [0.3, 0.4) is 0 Å². The fourth-order valence-electron chi connectivity index (χ4n) is 5.05. The smallest absolute Gasteiger partial charge is 0.231 e. The van der Waals surface area contributed by atoms with Gasteiger partial charge in [-0.2, -0.15) is 0 Å². The maximum Gasteiger partial charge on any atom is 0.231 e. The van der Waals surface area contributed by atoms with Crippen LogP contribution in [0.4, 0.5) is 0 Å². The molecule has 0 aromatic heterocycles. The molecule has 5 rings (SSSR count). The minimum Gasteiger partial charge on any atom is -0.507 e. The van der Waals surface area contributed by atoms with Crippen molar-refractivity contribution >= 4 is 23.5 Å². The minimum atomic E-state index is -0.220. The summed E-state index contributed by atoms with van der Waals surface area (Å²) < 4.78 is 17.0. The van der Waals surface area contributed by atoms with Crippen LogP contribution in [0, 0.1) is 11.8 Å². The number of Topliss-reactive ketones (excluding diaryl/α,β-unsaturated/α-hetero) is 1. The van der Waals surface area contributed by atoms with Crippen molar-refractivity contribution < 1.29 is 24.1 Å². The molecule has 1 fully saturated rings. The Hall–Kier alpha value is -2.54. The summed E-state index contributed by atoms with van der Waals surface area (Å²) in [5.74, 6) is 2.37. The number of hydrogen-bond acceptors (Lipinski definition) is 6. The van der Waals surface area contributed by atoms with Gasteiger partial charge in [0, 0.05) is 35.8 Å². The number of piperidine rings is 1. The van der Waals surface area contributed by atoms with Gasteiger partial charge in [0.2, 0.25) is 5.78 Å². The standard InChI is InChI=1S/C25H26ClNO5/c1-14-5-15(2)10-27(9-14)11-20-21(28)4-3-19-23(29)22(32-25(19)20)8-16-6-18(26)7-17-12-30-13-31-24(16)17/h3-4,6-8,14-15,28H,5,9-13H2,1-2H3/t14-,15-/m0/s1. The number of phenolic OH excluding ortho intramolecular Hbond substituents is 1. The first-order valence-corrected chi connectivity index (χ1v) is 11.3. The molecular formula is C25H26ClNO5. The topological polar surface area (TPSA) is 68.2 Å². The number of ketones is 1. The first-order chi connectivity index (χ1) is 15.4. The maximum atomic E-state index is 13.1. The molecule has 0 radical (unpaired) electrons. The van der Waals surface area contributed by atoms with Crippen LogP contribution in [0.1, 0.15) is 47.3 Å². The number of ether oxygens (including phenoxy) is 3. The van der Waals surface area contributed by atoms with Gasteiger partial charge >= 0.3 is 0 Å². The van der Waals surface area contributed by atoms with E-state index in [4.69, 9.17) is 25.8 Å². The lowest BCUT2D eigenvalue weighted by atomic mass is 9.91. The van der Waals surface area contributed by atoms with Gasteiger partial charge in [0.05, 0.1) is 17.7 Å². The quantitative estimate of drug-likeness (QED) is 0.656. The number of halogens is 1. The summed E-state index contributed by atoms with van der Waals surface area (Å²) in [5, 5.41) is 11.1. The summed E-state index contributed by atoms with van der Waals surface area (Å²) in [4.78, 5) is 15.5. The van der Waals surface area contributed by atoms with Crippen LogP contribution >= 0.6 is 11.6 Å². The Labute approximate surface area is 192 Å². The van der Waals surface area contributed by atoms with E-state index in [0.29, 0.717) is 58.2 Å². The summed E-state index contributed by atoms with van der Waals surface area (Å²) in [7, 11) is 0. The predicted molar refractivity (Wildman–Crippen MR) is 121 cm³/mol. The molecule has 0 unspecified atom stereocenters. The van der Waals surface area contributed by atoms with E-state index in [1.165, 1.54) is 6.42 Å². The minimum absolute atomic E-state index is 0.143. The highest BCUT2D eigenvalue weighted by atomic mass is 35.5. The molecule has 0 saturated carbocycles. The molecule has 3 heterocycles. The van der Waals surface area contributed by atoms with E-state index in [9.17, 15) is 9.90 Å². The van der Waals surface area contributed by atoms with Gasteiger partial charge in [-0.1, -0.05) is 25.4 Å². The van der Waals surface area contributed by atoms with Crippen LogP contribution in [-0.4, -0.2) is 35.7 Å². The van der Waals surface area contributed by atoms with Crippen molar-refractivity contribution in [3.63, 3.8) is 0 Å². The zero-order valence-corrected chi connectivity index (χ0v) is 18.9. The lowest BCUT2D eigenvalue weighted by Crippen LogP contribution is -2.38. The average molecular weight is 456 g/mol. The van der Waals surface area contributed by atoms with Crippen molar-refractivity contribution in [3.8, 4) is 17.2 Å². The monoisotopic (exact) mass is 455 g/mol. The molecule has 7 heteroatoms. The zero-order valence-electron chi connectivity index (χ0n) is 18.2. The molecule has 3 aliphatic rings. The van der Waals surface area contributed by atoms with Crippen molar-refractivity contribution in [3.05, 3.63) is 57.3 Å². The fraction of sp³-hybridized carbons (Fsp3) is 0.400. The number of fused-ring (bicyclic) bond motifs is 2. The van der Waals surface area contributed by atoms with Crippen molar-refractivity contribution in [1.29, 1.82) is 0 Å².